The molecule has 1 aliphatic rings. The van der Waals surface area contributed by atoms with Gasteiger partial charge in [-0.2, -0.15) is 5.10 Å². The molecule has 1 saturated heterocycles. The van der Waals surface area contributed by atoms with Gasteiger partial charge in [-0.25, -0.2) is 0 Å². The van der Waals surface area contributed by atoms with Crippen LogP contribution in [-0.4, -0.2) is 64.7 Å². The summed E-state index contributed by atoms with van der Waals surface area (Å²) in [6.07, 6.45) is 2.30. The van der Waals surface area contributed by atoms with Crippen molar-refractivity contribution >= 4 is 11.8 Å². The number of carbonyl (C=O) groups excluding carboxylic acids is 2. The maximum absolute atomic E-state index is 13.4. The zero-order valence-corrected chi connectivity index (χ0v) is 19.4. The van der Waals surface area contributed by atoms with Gasteiger partial charge in [0.2, 0.25) is 5.91 Å². The van der Waals surface area contributed by atoms with Crippen molar-refractivity contribution in [1.82, 2.24) is 19.6 Å². The topological polar surface area (TPSA) is 67.7 Å². The number of rotatable bonds is 6. The van der Waals surface area contributed by atoms with Gasteiger partial charge >= 0.3 is 0 Å². The van der Waals surface area contributed by atoms with Gasteiger partial charge in [0.25, 0.3) is 5.91 Å². The average Bonchev–Trinajstić information content (AvgIpc) is 3.22. The van der Waals surface area contributed by atoms with E-state index in [4.69, 9.17) is 4.74 Å². The number of hydrogen-bond acceptors (Lipinski definition) is 4. The third kappa shape index (κ3) is 4.77. The van der Waals surface area contributed by atoms with Gasteiger partial charge in [-0.1, -0.05) is 42.5 Å². The molecule has 0 bridgehead atoms. The van der Waals surface area contributed by atoms with Crippen LogP contribution in [0.2, 0.25) is 0 Å². The van der Waals surface area contributed by atoms with Crippen molar-refractivity contribution in [2.75, 3.05) is 33.3 Å². The summed E-state index contributed by atoms with van der Waals surface area (Å²) in [7, 11) is 3.45. The van der Waals surface area contributed by atoms with E-state index in [1.807, 2.05) is 48.2 Å². The minimum atomic E-state index is -0.337. The second-order valence-corrected chi connectivity index (χ2v) is 8.30. The Bertz CT molecular complexity index is 1140. The van der Waals surface area contributed by atoms with Crippen molar-refractivity contribution < 1.29 is 14.3 Å². The first-order chi connectivity index (χ1) is 16.0. The van der Waals surface area contributed by atoms with Crippen LogP contribution in [-0.2, 0) is 18.3 Å². The lowest BCUT2D eigenvalue weighted by molar-refractivity contribution is -0.134. The molecule has 1 aliphatic heterocycles. The Morgan fingerprint density at radius 1 is 1.06 bits per heavy atom. The number of benzene rings is 2. The van der Waals surface area contributed by atoms with Crippen LogP contribution in [0.1, 0.15) is 23.0 Å². The van der Waals surface area contributed by atoms with E-state index >= 15 is 0 Å². The summed E-state index contributed by atoms with van der Waals surface area (Å²) in [4.78, 5) is 30.2. The number of aryl methyl sites for hydroxylation is 1. The van der Waals surface area contributed by atoms with Crippen LogP contribution in [0.3, 0.4) is 0 Å². The van der Waals surface area contributed by atoms with Crippen LogP contribution in [0.5, 0.6) is 5.75 Å². The van der Waals surface area contributed by atoms with Crippen LogP contribution in [0.4, 0.5) is 0 Å². The predicted octanol–water partition coefficient (Wildman–Crippen LogP) is 3.26. The second-order valence-electron chi connectivity index (χ2n) is 8.30. The second kappa shape index (κ2) is 9.90. The first-order valence-electron chi connectivity index (χ1n) is 11.3. The largest absolute Gasteiger partial charge is 0.496 e. The fourth-order valence-electron chi connectivity index (χ4n) is 4.48. The maximum Gasteiger partial charge on any atom is 0.274 e. The Balaban J connectivity index is 1.65. The van der Waals surface area contributed by atoms with E-state index < -0.39 is 0 Å². The highest BCUT2D eigenvalue weighted by Gasteiger charge is 2.33. The molecule has 0 radical (unpaired) electrons. The number of ether oxygens (including phenoxy) is 1. The summed E-state index contributed by atoms with van der Waals surface area (Å²) in [6, 6.07) is 17.7. The highest BCUT2D eigenvalue weighted by atomic mass is 16.5. The lowest BCUT2D eigenvalue weighted by Crippen LogP contribution is -2.38. The summed E-state index contributed by atoms with van der Waals surface area (Å²) in [6.45, 7) is 3.99. The molecule has 3 aromatic rings. The van der Waals surface area contributed by atoms with Crippen LogP contribution in [0, 0.1) is 5.92 Å². The van der Waals surface area contributed by atoms with E-state index in [2.05, 4.69) is 17.2 Å². The van der Waals surface area contributed by atoms with Crippen molar-refractivity contribution in [3.8, 4) is 16.9 Å². The first kappa shape index (κ1) is 22.6. The molecule has 2 heterocycles. The number of hydrogen-bond donors (Lipinski definition) is 0. The molecule has 33 heavy (non-hydrogen) atoms. The van der Waals surface area contributed by atoms with Gasteiger partial charge in [-0.3, -0.25) is 14.3 Å². The molecule has 1 aromatic heterocycles. The smallest absolute Gasteiger partial charge is 0.274 e. The molecule has 0 N–H and O–H groups in total. The number of carbonyl (C=O) groups is 2. The molecule has 172 valence electrons. The monoisotopic (exact) mass is 446 g/mol. The summed E-state index contributed by atoms with van der Waals surface area (Å²) < 4.78 is 7.20. The van der Waals surface area contributed by atoms with Crippen LogP contribution in [0.15, 0.2) is 60.8 Å². The molecule has 7 nitrogen and oxygen atoms in total. The molecule has 0 spiro atoms. The molecular formula is C26H30N4O3. The number of likely N-dealkylation sites (N-methyl/N-ethyl adjacent to an activating group) is 1. The normalized spacial score (nSPS) is 16.6. The van der Waals surface area contributed by atoms with E-state index in [1.54, 1.807) is 36.0 Å². The third-order valence-corrected chi connectivity index (χ3v) is 6.22. The number of aromatic nitrogens is 2. The molecule has 2 aromatic carbocycles. The molecule has 0 saturated carbocycles. The van der Waals surface area contributed by atoms with E-state index in [-0.39, 0.29) is 17.7 Å². The van der Waals surface area contributed by atoms with E-state index in [1.165, 1.54) is 0 Å². The molecule has 1 fully saturated rings. The van der Waals surface area contributed by atoms with Crippen LogP contribution < -0.4 is 4.74 Å². The van der Waals surface area contributed by atoms with Crippen LogP contribution >= 0.6 is 0 Å². The van der Waals surface area contributed by atoms with Crippen molar-refractivity contribution in [3.05, 3.63) is 72.1 Å². The molecule has 1 unspecified atom stereocenters. The molecule has 7 heteroatoms. The van der Waals surface area contributed by atoms with Gasteiger partial charge in [0.15, 0.2) is 0 Å². The minimum absolute atomic E-state index is 0.0867. The van der Waals surface area contributed by atoms with Crippen molar-refractivity contribution in [1.29, 1.82) is 0 Å². The van der Waals surface area contributed by atoms with Crippen LogP contribution in [0.25, 0.3) is 11.1 Å². The zero-order chi connectivity index (χ0) is 23.4. The fourth-order valence-corrected chi connectivity index (χ4v) is 4.48. The van der Waals surface area contributed by atoms with Gasteiger partial charge in [0, 0.05) is 45.0 Å². The number of methoxy groups -OCH3 is 1. The summed E-state index contributed by atoms with van der Waals surface area (Å²) >= 11 is 0. The van der Waals surface area contributed by atoms with E-state index in [9.17, 15) is 9.59 Å². The van der Waals surface area contributed by atoms with Gasteiger partial charge in [0.1, 0.15) is 11.4 Å². The Morgan fingerprint density at radius 2 is 1.79 bits per heavy atom. The minimum Gasteiger partial charge on any atom is -0.496 e. The highest BCUT2D eigenvalue weighted by Crippen LogP contribution is 2.33. The maximum atomic E-state index is 13.4. The summed E-state index contributed by atoms with van der Waals surface area (Å²) in [5, 5.41) is 4.27. The fraction of sp³-hybridized carbons (Fsp3) is 0.346. The van der Waals surface area contributed by atoms with Crippen molar-refractivity contribution in [2.45, 2.75) is 13.3 Å². The summed E-state index contributed by atoms with van der Waals surface area (Å²) in [5.74, 6) is 0.406. The Kier molecular flexibility index (Phi) is 6.77. The predicted molar refractivity (Wildman–Crippen MR) is 127 cm³/mol. The van der Waals surface area contributed by atoms with E-state index in [0.717, 1.165) is 22.4 Å². The number of para-hydroxylation sites is 1. The highest BCUT2D eigenvalue weighted by molar-refractivity contribution is 5.93. The quantitative estimate of drug-likeness (QED) is 0.583. The van der Waals surface area contributed by atoms with Gasteiger partial charge in [-0.15, -0.1) is 0 Å². The third-order valence-electron chi connectivity index (χ3n) is 6.22. The van der Waals surface area contributed by atoms with E-state index in [0.29, 0.717) is 38.3 Å². The lowest BCUT2D eigenvalue weighted by atomic mass is 9.91. The Labute approximate surface area is 194 Å². The van der Waals surface area contributed by atoms with Gasteiger partial charge in [-0.05, 0) is 36.6 Å². The van der Waals surface area contributed by atoms with Gasteiger partial charge < -0.3 is 14.5 Å². The molecule has 1 atom stereocenters. The van der Waals surface area contributed by atoms with Gasteiger partial charge in [0.05, 0.1) is 13.0 Å². The number of nitrogens with zero attached hydrogens (tertiary/aromatic N) is 4. The van der Waals surface area contributed by atoms with Crippen molar-refractivity contribution in [3.63, 3.8) is 0 Å². The standard InChI is InChI=1S/C26H30N4O3/c1-4-29-15-16-30(26(32)23-13-14-28(2)27-23)18-20(25(29)31)17-19-9-5-6-10-21(19)22-11-7-8-12-24(22)33-3/h5-14,20H,4,15-18H2,1-3H3. The number of amides is 2. The Morgan fingerprint density at radius 3 is 2.48 bits per heavy atom. The summed E-state index contributed by atoms with van der Waals surface area (Å²) in [5.41, 5.74) is 3.50. The lowest BCUT2D eigenvalue weighted by Gasteiger charge is -2.24. The molecule has 2 amide bonds. The zero-order valence-electron chi connectivity index (χ0n) is 19.4. The Hall–Kier alpha value is -3.61. The first-order valence-corrected chi connectivity index (χ1v) is 11.3. The van der Waals surface area contributed by atoms with Crippen molar-refractivity contribution in [2.24, 2.45) is 13.0 Å². The molecule has 0 aliphatic carbocycles. The SMILES string of the molecule is CCN1CCN(C(=O)c2ccn(C)n2)CC(Cc2ccccc2-c2ccccc2OC)C1=O. The molecule has 4 rings (SSSR count). The molecular weight excluding hydrogens is 416 g/mol. The average molecular weight is 447 g/mol.